The molecule has 0 saturated heterocycles. The molecule has 0 spiro atoms. The van der Waals surface area contributed by atoms with Gasteiger partial charge in [-0.1, -0.05) is 0 Å². The van der Waals surface area contributed by atoms with E-state index in [-0.39, 0.29) is 12.0 Å². The Morgan fingerprint density at radius 3 is 2.73 bits per heavy atom. The van der Waals surface area contributed by atoms with E-state index in [9.17, 15) is 4.39 Å². The number of hydrogen-bond donors (Lipinski definition) is 2. The summed E-state index contributed by atoms with van der Waals surface area (Å²) in [4.78, 5) is 2.12. The normalized spacial score (nSPS) is 19.3. The van der Waals surface area contributed by atoms with Crippen molar-refractivity contribution in [2.45, 2.75) is 33.0 Å². The van der Waals surface area contributed by atoms with Gasteiger partial charge in [0.25, 0.3) is 0 Å². The van der Waals surface area contributed by atoms with Crippen LogP contribution >= 0.6 is 0 Å². The number of nitrogen functional groups attached to an aromatic ring is 1. The van der Waals surface area contributed by atoms with Crippen LogP contribution in [0.25, 0.3) is 0 Å². The van der Waals surface area contributed by atoms with Crippen LogP contribution in [-0.4, -0.2) is 12.2 Å². The molecule has 82 valence electrons. The first-order chi connectivity index (χ1) is 7.00. The van der Waals surface area contributed by atoms with Crippen LogP contribution < -0.4 is 16.0 Å². The Kier molecular flexibility index (Phi) is 2.21. The van der Waals surface area contributed by atoms with E-state index in [1.165, 1.54) is 6.07 Å². The second-order valence-corrected chi connectivity index (χ2v) is 4.22. The zero-order valence-corrected chi connectivity index (χ0v) is 9.21. The monoisotopic (exact) mass is 209 g/mol. The molecule has 0 bridgehead atoms. The lowest BCUT2D eigenvalue weighted by Crippen LogP contribution is -2.38. The third-order valence-electron chi connectivity index (χ3n) is 2.70. The standard InChI is InChI=1S/C11H16FN3/c1-6(2)15-7(3)14-11-9(12)4-8(13)5-10(11)15/h4-7,14H,13H2,1-3H3. The molecule has 0 aromatic heterocycles. The van der Waals surface area contributed by atoms with E-state index in [1.807, 2.05) is 13.0 Å². The van der Waals surface area contributed by atoms with Crippen LogP contribution in [0.2, 0.25) is 0 Å². The first kappa shape index (κ1) is 10.1. The third kappa shape index (κ3) is 1.50. The highest BCUT2D eigenvalue weighted by atomic mass is 19.1. The van der Waals surface area contributed by atoms with E-state index in [1.54, 1.807) is 0 Å². The minimum atomic E-state index is -0.278. The van der Waals surface area contributed by atoms with Gasteiger partial charge in [0.1, 0.15) is 0 Å². The molecule has 1 atom stereocenters. The number of rotatable bonds is 1. The molecule has 4 heteroatoms. The number of benzene rings is 1. The molecule has 2 rings (SSSR count). The van der Waals surface area contributed by atoms with E-state index in [4.69, 9.17) is 5.73 Å². The predicted molar refractivity (Wildman–Crippen MR) is 61.5 cm³/mol. The van der Waals surface area contributed by atoms with Gasteiger partial charge in [0.05, 0.1) is 17.5 Å². The van der Waals surface area contributed by atoms with Crippen LogP contribution in [0, 0.1) is 5.82 Å². The van der Waals surface area contributed by atoms with Gasteiger partial charge in [0.15, 0.2) is 5.82 Å². The average Bonchev–Trinajstić information content (AvgIpc) is 2.41. The molecule has 3 nitrogen and oxygen atoms in total. The van der Waals surface area contributed by atoms with Crippen LogP contribution in [0.3, 0.4) is 0 Å². The first-order valence-electron chi connectivity index (χ1n) is 5.14. The molecule has 1 heterocycles. The number of hydrogen-bond acceptors (Lipinski definition) is 3. The molecular weight excluding hydrogens is 193 g/mol. The summed E-state index contributed by atoms with van der Waals surface area (Å²) < 4.78 is 13.6. The van der Waals surface area contributed by atoms with Crippen molar-refractivity contribution in [3.8, 4) is 0 Å². The van der Waals surface area contributed by atoms with Gasteiger partial charge in [-0.2, -0.15) is 0 Å². The lowest BCUT2D eigenvalue weighted by molar-refractivity contribution is 0.629. The summed E-state index contributed by atoms with van der Waals surface area (Å²) in [5, 5.41) is 3.12. The van der Waals surface area contributed by atoms with Gasteiger partial charge in [-0.25, -0.2) is 4.39 Å². The van der Waals surface area contributed by atoms with Crippen molar-refractivity contribution in [3.63, 3.8) is 0 Å². The lowest BCUT2D eigenvalue weighted by atomic mass is 10.2. The first-order valence-corrected chi connectivity index (χ1v) is 5.14. The summed E-state index contributed by atoms with van der Waals surface area (Å²) in [5.41, 5.74) is 7.53. The Hall–Kier alpha value is -1.45. The fourth-order valence-corrected chi connectivity index (χ4v) is 2.17. The number of anilines is 3. The highest BCUT2D eigenvalue weighted by molar-refractivity contribution is 5.80. The molecule has 15 heavy (non-hydrogen) atoms. The van der Waals surface area contributed by atoms with Crippen LogP contribution in [0.4, 0.5) is 21.5 Å². The second-order valence-electron chi connectivity index (χ2n) is 4.22. The molecule has 0 amide bonds. The van der Waals surface area contributed by atoms with Gasteiger partial charge < -0.3 is 16.0 Å². The summed E-state index contributed by atoms with van der Waals surface area (Å²) in [7, 11) is 0. The summed E-state index contributed by atoms with van der Waals surface area (Å²) in [6, 6.07) is 3.48. The number of halogens is 1. The number of fused-ring (bicyclic) bond motifs is 1. The second kappa shape index (κ2) is 3.29. The SMILES string of the molecule is CC(C)N1c2cc(N)cc(F)c2NC1C. The predicted octanol–water partition coefficient (Wildman–Crippen LogP) is 2.39. The smallest absolute Gasteiger partial charge is 0.150 e. The molecule has 1 unspecified atom stereocenters. The highest BCUT2D eigenvalue weighted by Gasteiger charge is 2.29. The maximum absolute atomic E-state index is 13.6. The number of nitrogens with zero attached hydrogens (tertiary/aromatic N) is 1. The Balaban J connectivity index is 2.53. The van der Waals surface area contributed by atoms with Gasteiger partial charge in [-0.15, -0.1) is 0 Å². The molecule has 1 aliphatic heterocycles. The van der Waals surface area contributed by atoms with Gasteiger partial charge in [-0.05, 0) is 32.9 Å². The molecular formula is C11H16FN3. The zero-order chi connectivity index (χ0) is 11.2. The summed E-state index contributed by atoms with van der Waals surface area (Å²) >= 11 is 0. The maximum atomic E-state index is 13.6. The van der Waals surface area contributed by atoms with Crippen LogP contribution in [0.1, 0.15) is 20.8 Å². The van der Waals surface area contributed by atoms with Crippen molar-refractivity contribution in [2.24, 2.45) is 0 Å². The molecule has 1 aromatic carbocycles. The van der Waals surface area contributed by atoms with E-state index in [2.05, 4.69) is 24.1 Å². The third-order valence-corrected chi connectivity index (χ3v) is 2.70. The van der Waals surface area contributed by atoms with Crippen molar-refractivity contribution in [3.05, 3.63) is 17.9 Å². The Labute approximate surface area is 89.1 Å². The van der Waals surface area contributed by atoms with Crippen molar-refractivity contribution in [2.75, 3.05) is 16.0 Å². The van der Waals surface area contributed by atoms with Crippen molar-refractivity contribution in [1.82, 2.24) is 0 Å². The zero-order valence-electron chi connectivity index (χ0n) is 9.21. The molecule has 0 saturated carbocycles. The van der Waals surface area contributed by atoms with Gasteiger partial charge in [-0.3, -0.25) is 0 Å². The number of nitrogens with one attached hydrogen (secondary N) is 1. The largest absolute Gasteiger partial charge is 0.399 e. The molecule has 0 aliphatic carbocycles. The van der Waals surface area contributed by atoms with Crippen LogP contribution in [0.5, 0.6) is 0 Å². The number of nitrogens with two attached hydrogens (primary N) is 1. The van der Waals surface area contributed by atoms with Crippen molar-refractivity contribution in [1.29, 1.82) is 0 Å². The van der Waals surface area contributed by atoms with E-state index in [0.29, 0.717) is 17.4 Å². The Morgan fingerprint density at radius 1 is 1.47 bits per heavy atom. The minimum Gasteiger partial charge on any atom is -0.399 e. The fraction of sp³-hybridized carbons (Fsp3) is 0.455. The molecule has 0 fully saturated rings. The summed E-state index contributed by atoms with van der Waals surface area (Å²) in [6.45, 7) is 6.17. The van der Waals surface area contributed by atoms with Crippen LogP contribution in [-0.2, 0) is 0 Å². The quantitative estimate of drug-likeness (QED) is 0.698. The Bertz CT molecular complexity index is 390. The maximum Gasteiger partial charge on any atom is 0.150 e. The topological polar surface area (TPSA) is 41.3 Å². The fourth-order valence-electron chi connectivity index (χ4n) is 2.17. The summed E-state index contributed by atoms with van der Waals surface area (Å²) in [5.74, 6) is -0.278. The highest BCUT2D eigenvalue weighted by Crippen LogP contribution is 2.39. The van der Waals surface area contributed by atoms with Crippen LogP contribution in [0.15, 0.2) is 12.1 Å². The van der Waals surface area contributed by atoms with Crippen molar-refractivity contribution < 1.29 is 4.39 Å². The summed E-state index contributed by atoms with van der Waals surface area (Å²) in [6.07, 6.45) is 0.108. The lowest BCUT2D eigenvalue weighted by Gasteiger charge is -2.28. The van der Waals surface area contributed by atoms with E-state index < -0.39 is 0 Å². The molecule has 0 radical (unpaired) electrons. The minimum absolute atomic E-state index is 0.108. The molecule has 1 aromatic rings. The van der Waals surface area contributed by atoms with Gasteiger partial charge >= 0.3 is 0 Å². The van der Waals surface area contributed by atoms with Gasteiger partial charge in [0, 0.05) is 11.7 Å². The van der Waals surface area contributed by atoms with E-state index in [0.717, 1.165) is 5.69 Å². The Morgan fingerprint density at radius 2 is 2.13 bits per heavy atom. The van der Waals surface area contributed by atoms with Crippen molar-refractivity contribution >= 4 is 17.1 Å². The average molecular weight is 209 g/mol. The molecule has 3 N–H and O–H groups in total. The molecule has 1 aliphatic rings. The van der Waals surface area contributed by atoms with E-state index >= 15 is 0 Å². The van der Waals surface area contributed by atoms with Gasteiger partial charge in [0.2, 0.25) is 0 Å².